The zero-order valence-electron chi connectivity index (χ0n) is 11.6. The van der Waals surface area contributed by atoms with Crippen molar-refractivity contribution in [1.82, 2.24) is 9.78 Å². The maximum absolute atomic E-state index is 10.7. The van der Waals surface area contributed by atoms with Crippen LogP contribution in [0.4, 0.5) is 0 Å². The lowest BCUT2D eigenvalue weighted by molar-refractivity contribution is 0.203. The summed E-state index contributed by atoms with van der Waals surface area (Å²) in [5.41, 5.74) is 2.13. The van der Waals surface area contributed by atoms with Crippen LogP contribution in [0.2, 0.25) is 0 Å². The maximum atomic E-state index is 10.7. The minimum absolute atomic E-state index is 0.560. The average Bonchev–Trinajstić information content (AvgIpc) is 2.97. The molecule has 20 heavy (non-hydrogen) atoms. The van der Waals surface area contributed by atoms with Crippen molar-refractivity contribution in [2.24, 2.45) is 7.05 Å². The monoisotopic (exact) mass is 272 g/mol. The van der Waals surface area contributed by atoms with Crippen LogP contribution in [-0.4, -0.2) is 22.0 Å². The molecule has 0 amide bonds. The van der Waals surface area contributed by atoms with E-state index in [4.69, 9.17) is 9.15 Å². The highest BCUT2D eigenvalue weighted by atomic mass is 16.5. The van der Waals surface area contributed by atoms with E-state index in [1.54, 1.807) is 25.0 Å². The first-order valence-electron chi connectivity index (χ1n) is 6.35. The number of aryl methyl sites for hydroxylation is 2. The zero-order valence-corrected chi connectivity index (χ0v) is 11.6. The van der Waals surface area contributed by atoms with Crippen molar-refractivity contribution in [3.63, 3.8) is 0 Å². The van der Waals surface area contributed by atoms with E-state index < -0.39 is 6.10 Å². The number of hydrogen-bond donors (Lipinski definition) is 1. The van der Waals surface area contributed by atoms with Gasteiger partial charge in [-0.15, -0.1) is 0 Å². The van der Waals surface area contributed by atoms with Crippen molar-refractivity contribution in [2.75, 3.05) is 7.11 Å². The lowest BCUT2D eigenvalue weighted by Crippen LogP contribution is -2.08. The van der Waals surface area contributed by atoms with Crippen LogP contribution in [0.1, 0.15) is 23.1 Å². The first-order chi connectivity index (χ1) is 9.63. The van der Waals surface area contributed by atoms with Crippen LogP contribution in [0.25, 0.3) is 11.0 Å². The van der Waals surface area contributed by atoms with E-state index in [0.717, 1.165) is 16.5 Å². The van der Waals surface area contributed by atoms with Gasteiger partial charge >= 0.3 is 0 Å². The minimum Gasteiger partial charge on any atom is -0.493 e. The Balaban J connectivity index is 2.20. The minimum atomic E-state index is -0.846. The smallest absolute Gasteiger partial charge is 0.162 e. The van der Waals surface area contributed by atoms with Crippen LogP contribution < -0.4 is 4.74 Å². The van der Waals surface area contributed by atoms with E-state index in [1.165, 1.54) is 0 Å². The molecule has 0 saturated heterocycles. The van der Waals surface area contributed by atoms with E-state index in [2.05, 4.69) is 5.10 Å². The Hall–Kier alpha value is -2.27. The van der Waals surface area contributed by atoms with Crippen molar-refractivity contribution in [3.8, 4) is 5.75 Å². The molecule has 2 heterocycles. The van der Waals surface area contributed by atoms with Gasteiger partial charge in [-0.05, 0) is 13.0 Å². The number of benzene rings is 1. The fraction of sp³-hybridized carbons (Fsp3) is 0.267. The quantitative estimate of drug-likeness (QED) is 0.796. The molecule has 1 atom stereocenters. The largest absolute Gasteiger partial charge is 0.493 e. The molecular formula is C15H16N2O3. The van der Waals surface area contributed by atoms with Crippen LogP contribution in [0.3, 0.4) is 0 Å². The van der Waals surface area contributed by atoms with Crippen molar-refractivity contribution in [2.45, 2.75) is 13.0 Å². The zero-order chi connectivity index (χ0) is 14.3. The standard InChI is InChI=1S/C15H16N2O3/c1-9-13(10-6-4-5-7-11(10)20-9)15(18)14-12(19-3)8-16-17(14)2/h4-8,15,18H,1-3H3. The van der Waals surface area contributed by atoms with E-state index in [1.807, 2.05) is 31.2 Å². The van der Waals surface area contributed by atoms with Crippen molar-refractivity contribution in [1.29, 1.82) is 0 Å². The van der Waals surface area contributed by atoms with Crippen LogP contribution in [0, 0.1) is 6.92 Å². The summed E-state index contributed by atoms with van der Waals surface area (Å²) in [6.07, 6.45) is 0.747. The summed E-state index contributed by atoms with van der Waals surface area (Å²) in [5, 5.41) is 15.8. The highest BCUT2D eigenvalue weighted by molar-refractivity contribution is 5.83. The molecule has 2 aromatic heterocycles. The molecule has 1 N–H and O–H groups in total. The number of aliphatic hydroxyl groups is 1. The molecule has 0 spiro atoms. The number of furan rings is 1. The predicted octanol–water partition coefficient (Wildman–Crippen LogP) is 2.57. The van der Waals surface area contributed by atoms with Gasteiger partial charge in [0.25, 0.3) is 0 Å². The molecule has 0 radical (unpaired) electrons. The van der Waals surface area contributed by atoms with Gasteiger partial charge in [0.05, 0.1) is 13.3 Å². The number of hydrogen-bond acceptors (Lipinski definition) is 4. The van der Waals surface area contributed by atoms with Gasteiger partial charge in [-0.3, -0.25) is 4.68 Å². The second-order valence-corrected chi connectivity index (χ2v) is 4.69. The maximum Gasteiger partial charge on any atom is 0.162 e. The molecule has 5 heteroatoms. The number of para-hydroxylation sites is 1. The van der Waals surface area contributed by atoms with Gasteiger partial charge in [0.15, 0.2) is 5.75 Å². The summed E-state index contributed by atoms with van der Waals surface area (Å²) in [5.74, 6) is 1.26. The number of aromatic nitrogens is 2. The van der Waals surface area contributed by atoms with Gasteiger partial charge in [0, 0.05) is 18.0 Å². The lowest BCUT2D eigenvalue weighted by atomic mass is 10.0. The van der Waals surface area contributed by atoms with Crippen molar-refractivity contribution in [3.05, 3.63) is 47.5 Å². The number of fused-ring (bicyclic) bond motifs is 1. The molecule has 0 aliphatic carbocycles. The van der Waals surface area contributed by atoms with Crippen molar-refractivity contribution >= 4 is 11.0 Å². The van der Waals surface area contributed by atoms with Crippen LogP contribution in [0.5, 0.6) is 5.75 Å². The molecule has 1 unspecified atom stereocenters. The number of aliphatic hydroxyl groups excluding tert-OH is 1. The Morgan fingerprint density at radius 1 is 1.35 bits per heavy atom. The molecular weight excluding hydrogens is 256 g/mol. The molecule has 3 rings (SSSR count). The number of nitrogens with zero attached hydrogens (tertiary/aromatic N) is 2. The van der Waals surface area contributed by atoms with Gasteiger partial charge < -0.3 is 14.3 Å². The first kappa shape index (κ1) is 12.7. The SMILES string of the molecule is COc1cnn(C)c1C(O)c1c(C)oc2ccccc12. The van der Waals surface area contributed by atoms with Gasteiger partial charge in [-0.2, -0.15) is 5.10 Å². The average molecular weight is 272 g/mol. The first-order valence-corrected chi connectivity index (χ1v) is 6.35. The molecule has 0 saturated carbocycles. The molecule has 104 valence electrons. The topological polar surface area (TPSA) is 60.4 Å². The third kappa shape index (κ3) is 1.78. The summed E-state index contributed by atoms with van der Waals surface area (Å²) in [4.78, 5) is 0. The van der Waals surface area contributed by atoms with Crippen LogP contribution in [0.15, 0.2) is 34.9 Å². The summed E-state index contributed by atoms with van der Waals surface area (Å²) in [7, 11) is 3.34. The molecule has 3 aromatic rings. The van der Waals surface area contributed by atoms with Gasteiger partial charge in [0.1, 0.15) is 23.1 Å². The fourth-order valence-corrected chi connectivity index (χ4v) is 2.56. The molecule has 0 aliphatic heterocycles. The third-order valence-corrected chi connectivity index (χ3v) is 3.52. The number of methoxy groups -OCH3 is 1. The highest BCUT2D eigenvalue weighted by Gasteiger charge is 2.25. The number of ether oxygens (including phenoxy) is 1. The Morgan fingerprint density at radius 2 is 2.10 bits per heavy atom. The summed E-state index contributed by atoms with van der Waals surface area (Å²) in [6, 6.07) is 7.66. The molecule has 0 aliphatic rings. The van der Waals surface area contributed by atoms with E-state index in [0.29, 0.717) is 17.2 Å². The second-order valence-electron chi connectivity index (χ2n) is 4.69. The Labute approximate surface area is 116 Å². The normalized spacial score (nSPS) is 12.8. The Morgan fingerprint density at radius 3 is 2.85 bits per heavy atom. The van der Waals surface area contributed by atoms with Gasteiger partial charge in [-0.1, -0.05) is 18.2 Å². The predicted molar refractivity (Wildman–Crippen MR) is 74.8 cm³/mol. The van der Waals surface area contributed by atoms with Crippen LogP contribution >= 0.6 is 0 Å². The Kier molecular flexibility index (Phi) is 2.99. The van der Waals surface area contributed by atoms with Crippen molar-refractivity contribution < 1.29 is 14.3 Å². The van der Waals surface area contributed by atoms with Crippen LogP contribution in [-0.2, 0) is 7.05 Å². The van der Waals surface area contributed by atoms with Gasteiger partial charge in [0.2, 0.25) is 0 Å². The number of rotatable bonds is 3. The van der Waals surface area contributed by atoms with E-state index in [9.17, 15) is 5.11 Å². The summed E-state index contributed by atoms with van der Waals surface area (Å²) < 4.78 is 12.6. The molecule has 5 nitrogen and oxygen atoms in total. The van der Waals surface area contributed by atoms with E-state index >= 15 is 0 Å². The second kappa shape index (κ2) is 4.68. The lowest BCUT2D eigenvalue weighted by Gasteiger charge is -2.13. The third-order valence-electron chi connectivity index (χ3n) is 3.52. The van der Waals surface area contributed by atoms with Gasteiger partial charge in [-0.25, -0.2) is 0 Å². The van der Waals surface area contributed by atoms with E-state index in [-0.39, 0.29) is 0 Å². The molecule has 0 fully saturated rings. The fourth-order valence-electron chi connectivity index (χ4n) is 2.56. The molecule has 1 aromatic carbocycles. The molecule has 0 bridgehead atoms. The summed E-state index contributed by atoms with van der Waals surface area (Å²) >= 11 is 0. The summed E-state index contributed by atoms with van der Waals surface area (Å²) in [6.45, 7) is 1.85. The highest BCUT2D eigenvalue weighted by Crippen LogP contribution is 2.36. The Bertz CT molecular complexity index is 758.